The number of carbonyl (C=O) groups is 2. The molecule has 1 N–H and O–H groups in total. The molecule has 0 aliphatic heterocycles. The van der Waals surface area contributed by atoms with Crippen molar-refractivity contribution >= 4 is 22.0 Å². The van der Waals surface area contributed by atoms with Crippen molar-refractivity contribution in [2.45, 2.75) is 42.9 Å². The number of carbonyl (C=O) groups excluding carboxylic acids is 2. The second-order valence-electron chi connectivity index (χ2n) is 5.44. The van der Waals surface area contributed by atoms with Gasteiger partial charge in [-0.1, -0.05) is 13.5 Å². The summed E-state index contributed by atoms with van der Waals surface area (Å²) in [5.41, 5.74) is 0. The van der Waals surface area contributed by atoms with Gasteiger partial charge in [-0.05, 0) is 6.42 Å². The lowest BCUT2D eigenvalue weighted by molar-refractivity contribution is -0.350. The summed E-state index contributed by atoms with van der Waals surface area (Å²) in [6, 6.07) is 0. The number of hydrogen-bond donors (Lipinski definition) is 1. The van der Waals surface area contributed by atoms with E-state index in [0.717, 1.165) is 0 Å². The van der Waals surface area contributed by atoms with Crippen LogP contribution in [0.4, 0.5) is 35.1 Å². The summed E-state index contributed by atoms with van der Waals surface area (Å²) < 4.78 is 144. The first-order valence-electron chi connectivity index (χ1n) is 7.54. The van der Waals surface area contributed by atoms with Crippen LogP contribution in [0.5, 0.6) is 0 Å². The summed E-state index contributed by atoms with van der Waals surface area (Å²) in [5, 5.41) is -4.72. The maximum absolute atomic E-state index is 13.4. The highest BCUT2D eigenvalue weighted by Gasteiger charge is 2.67. The van der Waals surface area contributed by atoms with Gasteiger partial charge in [0.25, 0.3) is 0 Å². The molecule has 1 unspecified atom stereocenters. The van der Waals surface area contributed by atoms with Crippen LogP contribution in [0.3, 0.4) is 0 Å². The average Bonchev–Trinajstić information content (AvgIpc) is 2.55. The molecule has 0 aliphatic carbocycles. The summed E-state index contributed by atoms with van der Waals surface area (Å²) in [7, 11) is -6.95. The smallest absolute Gasteiger partial charge is 0.466 e. The molecule has 0 saturated carbocycles. The summed E-state index contributed by atoms with van der Waals surface area (Å²) >= 11 is 0. The SMILES string of the molecule is C=C(F)C(=O)OC(OCCC(F)(F)C(F)(F)S(=O)(=O)[O-])(C(=O)NCCC)C(F)(F)F. The van der Waals surface area contributed by atoms with Gasteiger partial charge < -0.3 is 19.3 Å². The van der Waals surface area contributed by atoms with Gasteiger partial charge in [-0.2, -0.15) is 35.1 Å². The molecule has 0 radical (unpaired) electrons. The highest BCUT2D eigenvalue weighted by Crippen LogP contribution is 2.42. The molecule has 0 bridgehead atoms. The number of rotatable bonds is 11. The third-order valence-electron chi connectivity index (χ3n) is 3.13. The Kier molecular flexibility index (Phi) is 8.79. The van der Waals surface area contributed by atoms with E-state index >= 15 is 0 Å². The lowest BCUT2D eigenvalue weighted by atomic mass is 10.2. The van der Waals surface area contributed by atoms with Gasteiger partial charge in [0.1, 0.15) is 0 Å². The van der Waals surface area contributed by atoms with Gasteiger partial charge in [0, 0.05) is 13.0 Å². The summed E-state index contributed by atoms with van der Waals surface area (Å²) in [5.74, 6) is -17.5. The number of ether oxygens (including phenoxy) is 2. The van der Waals surface area contributed by atoms with E-state index in [0.29, 0.717) is 0 Å². The van der Waals surface area contributed by atoms with Crippen molar-refractivity contribution in [3.8, 4) is 0 Å². The fourth-order valence-corrected chi connectivity index (χ4v) is 2.07. The summed E-state index contributed by atoms with van der Waals surface area (Å²) in [6.45, 7) is 0.970. The molecule has 8 nitrogen and oxygen atoms in total. The topological polar surface area (TPSA) is 122 Å². The van der Waals surface area contributed by atoms with E-state index in [2.05, 4.69) is 16.1 Å². The van der Waals surface area contributed by atoms with E-state index in [4.69, 9.17) is 0 Å². The predicted octanol–water partition coefficient (Wildman–Crippen LogP) is 1.98. The standard InChI is InChI=1S/C13H15F8NO7S/c1-3-5-22-9(24)11(12(17,18)19,29-8(23)7(2)14)28-6-4-10(15,16)13(20,21)30(25,26)27/h2-6H2,1H3,(H,22,24)(H,25,26,27)/p-1. The lowest BCUT2D eigenvalue weighted by Crippen LogP contribution is -2.62. The van der Waals surface area contributed by atoms with E-state index < -0.39 is 70.5 Å². The van der Waals surface area contributed by atoms with Gasteiger partial charge in [0.15, 0.2) is 10.1 Å². The molecule has 0 aliphatic rings. The van der Waals surface area contributed by atoms with Crippen LogP contribution in [0.15, 0.2) is 12.4 Å². The Labute approximate surface area is 163 Å². The monoisotopic (exact) mass is 480 g/mol. The molecule has 1 amide bonds. The van der Waals surface area contributed by atoms with Crippen molar-refractivity contribution in [2.75, 3.05) is 13.2 Å². The maximum Gasteiger partial charge on any atom is 0.466 e. The van der Waals surface area contributed by atoms with E-state index in [1.807, 2.05) is 0 Å². The Morgan fingerprint density at radius 1 is 1.10 bits per heavy atom. The van der Waals surface area contributed by atoms with Gasteiger partial charge in [0.05, 0.1) is 6.61 Å². The zero-order chi connectivity index (χ0) is 24.2. The molecule has 17 heteroatoms. The zero-order valence-electron chi connectivity index (χ0n) is 14.8. The Balaban J connectivity index is 5.97. The molecule has 0 aromatic heterocycles. The maximum atomic E-state index is 13.4. The molecule has 0 saturated heterocycles. The van der Waals surface area contributed by atoms with Crippen LogP contribution in [0.2, 0.25) is 0 Å². The summed E-state index contributed by atoms with van der Waals surface area (Å²) in [6.07, 6.45) is -8.60. The molecule has 30 heavy (non-hydrogen) atoms. The largest absolute Gasteiger partial charge is 0.743 e. The van der Waals surface area contributed by atoms with E-state index in [1.165, 1.54) is 12.2 Å². The molecule has 1 atom stereocenters. The van der Waals surface area contributed by atoms with Crippen LogP contribution in [-0.2, 0) is 29.2 Å². The highest BCUT2D eigenvalue weighted by molar-refractivity contribution is 7.86. The molecule has 0 heterocycles. The molecule has 0 aromatic carbocycles. The second kappa shape index (κ2) is 9.42. The fourth-order valence-electron chi connectivity index (χ4n) is 1.60. The molecular weight excluding hydrogens is 466 g/mol. The van der Waals surface area contributed by atoms with E-state index in [9.17, 15) is 57.7 Å². The average molecular weight is 480 g/mol. The van der Waals surface area contributed by atoms with Crippen molar-refractivity contribution in [3.63, 3.8) is 0 Å². The van der Waals surface area contributed by atoms with Crippen LogP contribution in [0.25, 0.3) is 0 Å². The lowest BCUT2D eigenvalue weighted by Gasteiger charge is -2.34. The number of nitrogens with one attached hydrogen (secondary N) is 1. The molecular formula is C13H14F8NO7S-. The van der Waals surface area contributed by atoms with Crippen LogP contribution in [0.1, 0.15) is 19.8 Å². The van der Waals surface area contributed by atoms with Crippen molar-refractivity contribution in [1.29, 1.82) is 0 Å². The number of halogens is 8. The third-order valence-corrected chi connectivity index (χ3v) is 4.05. The molecule has 0 aromatic rings. The first-order chi connectivity index (χ1) is 13.3. The van der Waals surface area contributed by atoms with Gasteiger partial charge in [-0.3, -0.25) is 4.79 Å². The normalized spacial score (nSPS) is 15.3. The van der Waals surface area contributed by atoms with Crippen LogP contribution < -0.4 is 5.32 Å². The zero-order valence-corrected chi connectivity index (χ0v) is 15.6. The quantitative estimate of drug-likeness (QED) is 0.158. The van der Waals surface area contributed by atoms with Crippen molar-refractivity contribution in [1.82, 2.24) is 5.32 Å². The predicted molar refractivity (Wildman–Crippen MR) is 78.6 cm³/mol. The van der Waals surface area contributed by atoms with Crippen LogP contribution in [0, 0.1) is 0 Å². The number of hydrogen-bond acceptors (Lipinski definition) is 7. The van der Waals surface area contributed by atoms with Crippen molar-refractivity contribution < 1.29 is 67.2 Å². The van der Waals surface area contributed by atoms with Gasteiger partial charge >= 0.3 is 35.0 Å². The minimum Gasteiger partial charge on any atom is -0.743 e. The first kappa shape index (κ1) is 28.0. The Morgan fingerprint density at radius 3 is 1.97 bits per heavy atom. The van der Waals surface area contributed by atoms with Gasteiger partial charge in [-0.15, -0.1) is 0 Å². The summed E-state index contributed by atoms with van der Waals surface area (Å²) in [4.78, 5) is 23.1. The van der Waals surface area contributed by atoms with Crippen LogP contribution in [-0.4, -0.2) is 61.1 Å². The third kappa shape index (κ3) is 6.00. The minimum absolute atomic E-state index is 0.00902. The van der Waals surface area contributed by atoms with E-state index in [-0.39, 0.29) is 6.42 Å². The molecule has 0 rings (SSSR count). The minimum atomic E-state index is -6.95. The van der Waals surface area contributed by atoms with Gasteiger partial charge in [-0.25, -0.2) is 13.2 Å². The molecule has 0 fully saturated rings. The molecule has 0 spiro atoms. The van der Waals surface area contributed by atoms with Crippen molar-refractivity contribution in [2.24, 2.45) is 0 Å². The second-order valence-corrected chi connectivity index (χ2v) is 6.86. The Hall–Kier alpha value is -2.01. The highest BCUT2D eigenvalue weighted by atomic mass is 32.2. The Bertz CT molecular complexity index is 768. The number of alkyl halides is 7. The van der Waals surface area contributed by atoms with Crippen LogP contribution >= 0.6 is 0 Å². The molecule has 176 valence electrons. The van der Waals surface area contributed by atoms with Gasteiger partial charge in [0.2, 0.25) is 5.83 Å². The van der Waals surface area contributed by atoms with Crippen molar-refractivity contribution in [3.05, 3.63) is 12.4 Å². The first-order valence-corrected chi connectivity index (χ1v) is 8.95. The number of esters is 1. The fraction of sp³-hybridized carbons (Fsp3) is 0.692. The Morgan fingerprint density at radius 2 is 1.60 bits per heavy atom. The van der Waals surface area contributed by atoms with E-state index in [1.54, 1.807) is 0 Å². The number of amides is 1.